The molecule has 1 amide bonds. The third-order valence-corrected chi connectivity index (χ3v) is 4.64. The van der Waals surface area contributed by atoms with E-state index in [1.807, 2.05) is 33.8 Å². The van der Waals surface area contributed by atoms with E-state index >= 15 is 0 Å². The number of nitrogens with one attached hydrogen (secondary N) is 3. The first kappa shape index (κ1) is 21.0. The standard InChI is InChI=1S/C20H34N6O/c1-15-7-6-8-17(24-15)26-13-9-16(10-14-26)25-19(21-5)23-12-11-22-18(27)20(2,3)4/h6-8,16H,9-14H2,1-5H3,(H,22,27)(H2,21,23,25). The van der Waals surface area contributed by atoms with E-state index in [0.717, 1.165) is 43.4 Å². The molecule has 1 aromatic rings. The molecule has 1 aliphatic rings. The summed E-state index contributed by atoms with van der Waals surface area (Å²) < 4.78 is 0. The van der Waals surface area contributed by atoms with Gasteiger partial charge in [0, 0.05) is 50.4 Å². The van der Waals surface area contributed by atoms with Gasteiger partial charge in [0.25, 0.3) is 0 Å². The first-order valence-electron chi connectivity index (χ1n) is 9.73. The fourth-order valence-electron chi connectivity index (χ4n) is 2.97. The van der Waals surface area contributed by atoms with E-state index < -0.39 is 0 Å². The van der Waals surface area contributed by atoms with E-state index in [-0.39, 0.29) is 11.3 Å². The summed E-state index contributed by atoms with van der Waals surface area (Å²) in [5.74, 6) is 1.90. The van der Waals surface area contributed by atoms with Crippen LogP contribution in [0.15, 0.2) is 23.2 Å². The molecular weight excluding hydrogens is 340 g/mol. The van der Waals surface area contributed by atoms with Crippen LogP contribution in [-0.2, 0) is 4.79 Å². The second-order valence-electron chi connectivity index (χ2n) is 8.05. The van der Waals surface area contributed by atoms with Crippen LogP contribution in [-0.4, -0.2) is 56.1 Å². The Hall–Kier alpha value is -2.31. The van der Waals surface area contributed by atoms with Crippen molar-refractivity contribution in [1.82, 2.24) is 20.9 Å². The van der Waals surface area contributed by atoms with Crippen LogP contribution < -0.4 is 20.9 Å². The number of aryl methyl sites for hydroxylation is 1. The van der Waals surface area contributed by atoms with Crippen molar-refractivity contribution < 1.29 is 4.79 Å². The Kier molecular flexibility index (Phi) is 7.45. The average molecular weight is 375 g/mol. The molecule has 27 heavy (non-hydrogen) atoms. The number of rotatable bonds is 5. The van der Waals surface area contributed by atoms with Crippen LogP contribution in [0.5, 0.6) is 0 Å². The zero-order valence-electron chi connectivity index (χ0n) is 17.3. The predicted octanol–water partition coefficient (Wildman–Crippen LogP) is 1.69. The lowest BCUT2D eigenvalue weighted by atomic mass is 9.96. The summed E-state index contributed by atoms with van der Waals surface area (Å²) in [5.41, 5.74) is 0.691. The highest BCUT2D eigenvalue weighted by atomic mass is 16.2. The Morgan fingerprint density at radius 2 is 1.89 bits per heavy atom. The fraction of sp³-hybridized carbons (Fsp3) is 0.650. The Morgan fingerprint density at radius 1 is 1.22 bits per heavy atom. The monoisotopic (exact) mass is 374 g/mol. The van der Waals surface area contributed by atoms with Crippen LogP contribution in [0.3, 0.4) is 0 Å². The summed E-state index contributed by atoms with van der Waals surface area (Å²) in [6.45, 7) is 10.9. The largest absolute Gasteiger partial charge is 0.356 e. The number of aliphatic imine (C=N–C) groups is 1. The second-order valence-corrected chi connectivity index (χ2v) is 8.05. The highest BCUT2D eigenvalue weighted by Crippen LogP contribution is 2.18. The van der Waals surface area contributed by atoms with Crippen LogP contribution in [0, 0.1) is 12.3 Å². The SMILES string of the molecule is CN=C(NCCNC(=O)C(C)(C)C)NC1CCN(c2cccc(C)n2)CC1. The van der Waals surface area contributed by atoms with Gasteiger partial charge in [-0.05, 0) is 31.9 Å². The second kappa shape index (κ2) is 9.58. The van der Waals surface area contributed by atoms with Gasteiger partial charge in [-0.15, -0.1) is 0 Å². The molecule has 150 valence electrons. The van der Waals surface area contributed by atoms with Gasteiger partial charge >= 0.3 is 0 Å². The number of guanidine groups is 1. The van der Waals surface area contributed by atoms with E-state index in [4.69, 9.17) is 0 Å². The number of piperidine rings is 1. The molecule has 2 rings (SSSR count). The van der Waals surface area contributed by atoms with Crippen LogP contribution in [0.25, 0.3) is 0 Å². The van der Waals surface area contributed by atoms with E-state index in [1.165, 1.54) is 0 Å². The molecule has 0 aromatic carbocycles. The number of aromatic nitrogens is 1. The van der Waals surface area contributed by atoms with E-state index in [9.17, 15) is 4.79 Å². The van der Waals surface area contributed by atoms with Crippen molar-refractivity contribution in [2.24, 2.45) is 10.4 Å². The number of carbonyl (C=O) groups is 1. The summed E-state index contributed by atoms with van der Waals surface area (Å²) in [6.07, 6.45) is 2.08. The van der Waals surface area contributed by atoms with Crippen molar-refractivity contribution in [3.8, 4) is 0 Å². The van der Waals surface area contributed by atoms with Crippen molar-refractivity contribution in [2.45, 2.75) is 46.6 Å². The summed E-state index contributed by atoms with van der Waals surface area (Å²) in [5, 5.41) is 9.69. The molecular formula is C20H34N6O. The van der Waals surface area contributed by atoms with Gasteiger partial charge in [0.1, 0.15) is 5.82 Å². The number of amides is 1. The lowest BCUT2D eigenvalue weighted by Crippen LogP contribution is -2.50. The van der Waals surface area contributed by atoms with Gasteiger partial charge in [0.2, 0.25) is 5.91 Å². The van der Waals surface area contributed by atoms with Gasteiger partial charge in [-0.25, -0.2) is 4.98 Å². The summed E-state index contributed by atoms with van der Waals surface area (Å²) in [7, 11) is 1.77. The highest BCUT2D eigenvalue weighted by Gasteiger charge is 2.22. The Morgan fingerprint density at radius 3 is 2.48 bits per heavy atom. The summed E-state index contributed by atoms with van der Waals surface area (Å²) in [4.78, 5) is 23.1. The maximum Gasteiger partial charge on any atom is 0.225 e. The molecule has 0 radical (unpaired) electrons. The molecule has 0 atom stereocenters. The molecule has 0 unspecified atom stereocenters. The zero-order chi connectivity index (χ0) is 19.9. The highest BCUT2D eigenvalue weighted by molar-refractivity contribution is 5.82. The van der Waals surface area contributed by atoms with E-state index in [1.54, 1.807) is 7.05 Å². The minimum Gasteiger partial charge on any atom is -0.356 e. The Labute approximate surface area is 163 Å². The summed E-state index contributed by atoms with van der Waals surface area (Å²) in [6, 6.07) is 6.55. The van der Waals surface area contributed by atoms with Crippen molar-refractivity contribution in [3.63, 3.8) is 0 Å². The van der Waals surface area contributed by atoms with Crippen LogP contribution >= 0.6 is 0 Å². The minimum absolute atomic E-state index is 0.0596. The number of hydrogen-bond acceptors (Lipinski definition) is 4. The predicted molar refractivity (Wildman–Crippen MR) is 111 cm³/mol. The molecule has 3 N–H and O–H groups in total. The van der Waals surface area contributed by atoms with Gasteiger partial charge in [0.15, 0.2) is 5.96 Å². The molecule has 1 saturated heterocycles. The zero-order valence-corrected chi connectivity index (χ0v) is 17.3. The molecule has 0 aliphatic carbocycles. The van der Waals surface area contributed by atoms with E-state index in [0.29, 0.717) is 19.1 Å². The smallest absolute Gasteiger partial charge is 0.225 e. The Bertz CT molecular complexity index is 644. The Balaban J connectivity index is 1.71. The molecule has 1 fully saturated rings. The first-order valence-corrected chi connectivity index (χ1v) is 9.73. The number of carbonyl (C=O) groups excluding carboxylic acids is 1. The van der Waals surface area contributed by atoms with Gasteiger partial charge in [-0.1, -0.05) is 26.8 Å². The minimum atomic E-state index is -0.361. The lowest BCUT2D eigenvalue weighted by Gasteiger charge is -2.34. The molecule has 1 aromatic heterocycles. The van der Waals surface area contributed by atoms with Gasteiger partial charge in [0.05, 0.1) is 0 Å². The number of hydrogen-bond donors (Lipinski definition) is 3. The van der Waals surface area contributed by atoms with Gasteiger partial charge in [-0.2, -0.15) is 0 Å². The van der Waals surface area contributed by atoms with Crippen LogP contribution in [0.1, 0.15) is 39.3 Å². The third-order valence-electron chi connectivity index (χ3n) is 4.64. The quantitative estimate of drug-likeness (QED) is 0.415. The number of pyridine rings is 1. The number of nitrogens with zero attached hydrogens (tertiary/aromatic N) is 3. The number of anilines is 1. The molecule has 0 bridgehead atoms. The normalized spacial score (nSPS) is 16.2. The van der Waals surface area contributed by atoms with Crippen molar-refractivity contribution >= 4 is 17.7 Å². The maximum atomic E-state index is 11.9. The average Bonchev–Trinajstić information content (AvgIpc) is 2.63. The van der Waals surface area contributed by atoms with Crippen molar-refractivity contribution in [3.05, 3.63) is 23.9 Å². The van der Waals surface area contributed by atoms with Gasteiger partial charge < -0.3 is 20.9 Å². The van der Waals surface area contributed by atoms with Gasteiger partial charge in [-0.3, -0.25) is 9.79 Å². The fourth-order valence-corrected chi connectivity index (χ4v) is 2.97. The molecule has 7 nitrogen and oxygen atoms in total. The van der Waals surface area contributed by atoms with Crippen LogP contribution in [0.2, 0.25) is 0 Å². The molecule has 7 heteroatoms. The first-order chi connectivity index (χ1) is 12.8. The molecule has 1 aliphatic heterocycles. The van der Waals surface area contributed by atoms with E-state index in [2.05, 4.69) is 43.0 Å². The molecule has 0 saturated carbocycles. The topological polar surface area (TPSA) is 81.6 Å². The summed E-state index contributed by atoms with van der Waals surface area (Å²) >= 11 is 0. The van der Waals surface area contributed by atoms with Crippen molar-refractivity contribution in [2.75, 3.05) is 38.1 Å². The lowest BCUT2D eigenvalue weighted by molar-refractivity contribution is -0.128. The van der Waals surface area contributed by atoms with Crippen LogP contribution in [0.4, 0.5) is 5.82 Å². The molecule has 2 heterocycles. The molecule has 0 spiro atoms. The maximum absolute atomic E-state index is 11.9. The van der Waals surface area contributed by atoms with Crippen molar-refractivity contribution in [1.29, 1.82) is 0 Å². The third kappa shape index (κ3) is 6.73.